The Kier molecular flexibility index (Phi) is 6.26. The third-order valence-electron chi connectivity index (χ3n) is 6.58. The topological polar surface area (TPSA) is 85.4 Å². The zero-order valence-electron chi connectivity index (χ0n) is 19.0. The summed E-state index contributed by atoms with van der Waals surface area (Å²) in [5.41, 5.74) is 2.13. The first kappa shape index (κ1) is 22.8. The summed E-state index contributed by atoms with van der Waals surface area (Å²) in [4.78, 5) is 38.9. The van der Waals surface area contributed by atoms with E-state index in [0.717, 1.165) is 36.1 Å². The van der Waals surface area contributed by atoms with Gasteiger partial charge in [-0.2, -0.15) is 0 Å². The number of hydrogen-bond acceptors (Lipinski definition) is 6. The molecular formula is C25H25AlN2O6. The normalized spacial score (nSPS) is 22.1. The van der Waals surface area contributed by atoms with Gasteiger partial charge in [0.05, 0.1) is 5.56 Å². The van der Waals surface area contributed by atoms with Crippen molar-refractivity contribution in [3.05, 3.63) is 58.7 Å². The molecule has 1 fully saturated rings. The van der Waals surface area contributed by atoms with Gasteiger partial charge in [0.1, 0.15) is 0 Å². The molecule has 34 heavy (non-hydrogen) atoms. The third-order valence-corrected chi connectivity index (χ3v) is 7.41. The SMILES string of the molecule is [CH2]=[Al][N]1COCc2cccc(OC3CCC(Oc4cccc5c4C(=O)N(C)C5=O)CC3)c2C1=O. The van der Waals surface area contributed by atoms with Crippen LogP contribution in [0, 0.1) is 0 Å². The van der Waals surface area contributed by atoms with Crippen LogP contribution in [0.1, 0.15) is 62.3 Å². The van der Waals surface area contributed by atoms with E-state index < -0.39 is 15.0 Å². The van der Waals surface area contributed by atoms with E-state index in [1.165, 1.54) is 7.05 Å². The zero-order chi connectivity index (χ0) is 23.8. The molecule has 0 N–H and O–H groups in total. The maximum absolute atomic E-state index is 13.0. The molecule has 8 nitrogen and oxygen atoms in total. The van der Waals surface area contributed by atoms with E-state index in [4.69, 9.17) is 14.2 Å². The molecule has 2 aliphatic heterocycles. The van der Waals surface area contributed by atoms with E-state index in [2.05, 4.69) is 5.39 Å². The second-order valence-corrected chi connectivity index (χ2v) is 9.70. The zero-order valence-corrected chi connectivity index (χ0v) is 20.1. The van der Waals surface area contributed by atoms with Gasteiger partial charge in [-0.1, -0.05) is 6.07 Å². The van der Waals surface area contributed by atoms with Gasteiger partial charge >= 0.3 is 153 Å². The van der Waals surface area contributed by atoms with Crippen molar-refractivity contribution >= 4 is 38.1 Å². The van der Waals surface area contributed by atoms with Crippen molar-refractivity contribution in [1.29, 1.82) is 0 Å². The Morgan fingerprint density at radius 2 is 1.50 bits per heavy atom. The summed E-state index contributed by atoms with van der Waals surface area (Å²) in [6.45, 7) is 0.619. The number of benzene rings is 2. The Bertz CT molecular complexity index is 1170. The predicted octanol–water partition coefficient (Wildman–Crippen LogP) is 2.66. The molecule has 0 atom stereocenters. The van der Waals surface area contributed by atoms with Crippen LogP contribution in [0.2, 0.25) is 0 Å². The molecule has 0 unspecified atom stereocenters. The summed E-state index contributed by atoms with van der Waals surface area (Å²) in [6, 6.07) is 10.8. The first-order chi connectivity index (χ1) is 16.5. The Morgan fingerprint density at radius 1 is 0.882 bits per heavy atom. The summed E-state index contributed by atoms with van der Waals surface area (Å²) >= 11 is -0.441. The maximum atomic E-state index is 13.0. The van der Waals surface area contributed by atoms with Crippen LogP contribution in [-0.2, 0) is 11.3 Å². The predicted molar refractivity (Wildman–Crippen MR) is 125 cm³/mol. The molecule has 0 saturated heterocycles. The number of amides is 3. The van der Waals surface area contributed by atoms with Crippen molar-refractivity contribution in [2.75, 3.05) is 13.8 Å². The Labute approximate surface area is 203 Å². The molecule has 0 bridgehead atoms. The van der Waals surface area contributed by atoms with Crippen molar-refractivity contribution in [2.45, 2.75) is 44.5 Å². The van der Waals surface area contributed by atoms with Crippen LogP contribution in [0.4, 0.5) is 0 Å². The summed E-state index contributed by atoms with van der Waals surface area (Å²) in [7, 11) is 1.48. The van der Waals surface area contributed by atoms with E-state index in [0.29, 0.717) is 34.8 Å². The molecule has 9 heteroatoms. The van der Waals surface area contributed by atoms with Crippen molar-refractivity contribution < 1.29 is 28.6 Å². The molecular weight excluding hydrogens is 451 g/mol. The Balaban J connectivity index is 1.26. The molecule has 1 saturated carbocycles. The molecule has 1 aliphatic carbocycles. The van der Waals surface area contributed by atoms with Gasteiger partial charge in [0.2, 0.25) is 0 Å². The van der Waals surface area contributed by atoms with Crippen LogP contribution < -0.4 is 9.47 Å². The van der Waals surface area contributed by atoms with E-state index in [1.54, 1.807) is 22.1 Å². The van der Waals surface area contributed by atoms with Crippen molar-refractivity contribution in [1.82, 2.24) is 8.78 Å². The van der Waals surface area contributed by atoms with Gasteiger partial charge in [0.15, 0.2) is 0 Å². The number of ether oxygens (including phenoxy) is 3. The van der Waals surface area contributed by atoms with Crippen molar-refractivity contribution in [2.24, 2.45) is 0 Å². The average molecular weight is 476 g/mol. The van der Waals surface area contributed by atoms with Crippen LogP contribution in [0.3, 0.4) is 0 Å². The number of rotatable bonds is 5. The minimum absolute atomic E-state index is 0.0419. The standard InChI is InChI=1S/C24H24N2O6.CH2.Al/c1-26-23(28)17-5-3-7-19(21(17)24(26)29)32-16-10-8-15(9-11-16)31-18-6-2-4-14-12-30-13-25-22(27)20(14)18;;/h2-7,15-16H,8-13H2,1H3,(H,25,27);1H2;/q;;+1/p-1. The Morgan fingerprint density at radius 3 is 2.15 bits per heavy atom. The fraction of sp³-hybridized carbons (Fsp3) is 0.360. The summed E-state index contributed by atoms with van der Waals surface area (Å²) in [5.74, 6) is 0.322. The van der Waals surface area contributed by atoms with Gasteiger partial charge in [-0.3, -0.25) is 14.5 Å². The minimum atomic E-state index is -0.441. The molecule has 2 aromatic rings. The number of hydrogen-bond donors (Lipinski definition) is 0. The van der Waals surface area contributed by atoms with Crippen LogP contribution in [0.15, 0.2) is 36.4 Å². The number of imide groups is 1. The first-order valence-corrected chi connectivity index (χ1v) is 12.7. The molecule has 0 radical (unpaired) electrons. The van der Waals surface area contributed by atoms with Gasteiger partial charge < -0.3 is 0 Å². The number of fused-ring (bicyclic) bond motifs is 2. The summed E-state index contributed by atoms with van der Waals surface area (Å²) < 4.78 is 19.8. The molecule has 2 heterocycles. The van der Waals surface area contributed by atoms with Crippen LogP contribution >= 0.6 is 0 Å². The van der Waals surface area contributed by atoms with Crippen molar-refractivity contribution in [3.63, 3.8) is 0 Å². The van der Waals surface area contributed by atoms with E-state index >= 15 is 0 Å². The third kappa shape index (κ3) is 4.05. The fourth-order valence-corrected chi connectivity index (χ4v) is 5.23. The number of nitrogens with zero attached hydrogens (tertiary/aromatic N) is 2. The number of carbonyl (C=O) groups is 3. The number of carbonyl (C=O) groups excluding carboxylic acids is 3. The van der Waals surface area contributed by atoms with Gasteiger partial charge in [0, 0.05) is 7.05 Å². The van der Waals surface area contributed by atoms with Gasteiger partial charge in [0.25, 0.3) is 11.8 Å². The quantitative estimate of drug-likeness (QED) is 0.487. The summed E-state index contributed by atoms with van der Waals surface area (Å²) in [6.07, 6.45) is 2.88. The van der Waals surface area contributed by atoms with Crippen LogP contribution in [0.25, 0.3) is 0 Å². The van der Waals surface area contributed by atoms with Gasteiger partial charge in [-0.05, 0) is 6.07 Å². The molecule has 3 amide bonds. The Hall–Kier alpha value is -2.99. The molecule has 2 aromatic carbocycles. The molecule has 0 aromatic heterocycles. The van der Waals surface area contributed by atoms with Gasteiger partial charge in [-0.15, -0.1) is 0 Å². The molecule has 0 spiro atoms. The monoisotopic (exact) mass is 476 g/mol. The van der Waals surface area contributed by atoms with Crippen LogP contribution in [-0.4, -0.2) is 72.9 Å². The fourth-order valence-electron chi connectivity index (χ4n) is 4.73. The van der Waals surface area contributed by atoms with E-state index in [1.807, 2.05) is 18.2 Å². The van der Waals surface area contributed by atoms with Crippen molar-refractivity contribution in [3.8, 4) is 11.5 Å². The van der Waals surface area contributed by atoms with E-state index in [9.17, 15) is 14.4 Å². The average Bonchev–Trinajstić information content (AvgIpc) is 2.97. The molecule has 174 valence electrons. The molecule has 3 aliphatic rings. The molecule has 5 rings (SSSR count). The van der Waals surface area contributed by atoms with Gasteiger partial charge in [-0.25, -0.2) is 0 Å². The first-order valence-electron chi connectivity index (χ1n) is 11.4. The summed E-state index contributed by atoms with van der Waals surface area (Å²) in [5, 5.41) is 3.91. The second kappa shape index (κ2) is 9.34. The van der Waals surface area contributed by atoms with E-state index in [-0.39, 0.29) is 36.7 Å². The second-order valence-electron chi connectivity index (χ2n) is 8.71. The van der Waals surface area contributed by atoms with Crippen LogP contribution in [0.5, 0.6) is 11.5 Å².